The zero-order valence-corrected chi connectivity index (χ0v) is 16.6. The summed E-state index contributed by atoms with van der Waals surface area (Å²) in [6.07, 6.45) is 4.76. The Morgan fingerprint density at radius 1 is 1.33 bits per heavy atom. The second-order valence-electron chi connectivity index (χ2n) is 7.02. The van der Waals surface area contributed by atoms with Gasteiger partial charge in [0, 0.05) is 30.3 Å². The summed E-state index contributed by atoms with van der Waals surface area (Å²) in [5, 5.41) is 8.46. The number of rotatable bonds is 4. The number of aromatic nitrogens is 3. The maximum Gasteiger partial charge on any atom is 0.265 e. The van der Waals surface area contributed by atoms with Crippen LogP contribution in [0.15, 0.2) is 36.5 Å². The van der Waals surface area contributed by atoms with Crippen LogP contribution < -0.4 is 0 Å². The van der Waals surface area contributed by atoms with E-state index in [1.165, 1.54) is 11.3 Å². The molecule has 6 heteroatoms. The van der Waals surface area contributed by atoms with Crippen LogP contribution in [0.5, 0.6) is 0 Å². The van der Waals surface area contributed by atoms with Crippen LogP contribution in [0.1, 0.15) is 51.8 Å². The number of benzene rings is 1. The summed E-state index contributed by atoms with van der Waals surface area (Å²) in [6.45, 7) is 5.56. The first kappa shape index (κ1) is 17.9. The molecule has 5 nitrogen and oxygen atoms in total. The molecular formula is C21H24N4OS. The molecule has 0 unspecified atom stereocenters. The molecule has 140 valence electrons. The van der Waals surface area contributed by atoms with Crippen molar-refractivity contribution in [3.8, 4) is 11.1 Å². The SMILES string of the molecule is CCc1nc(C)sc1C(=O)N1CCC[C@@H](c2[nH]ncc2-c2ccccc2)C1. The summed E-state index contributed by atoms with van der Waals surface area (Å²) in [4.78, 5) is 20.5. The normalized spacial score (nSPS) is 17.3. The van der Waals surface area contributed by atoms with E-state index in [4.69, 9.17) is 0 Å². The highest BCUT2D eigenvalue weighted by Crippen LogP contribution is 2.34. The number of aromatic amines is 1. The molecule has 1 aliphatic rings. The average Bonchev–Trinajstić information content (AvgIpc) is 3.34. The van der Waals surface area contributed by atoms with E-state index in [-0.39, 0.29) is 11.8 Å². The van der Waals surface area contributed by atoms with Crippen molar-refractivity contribution in [2.24, 2.45) is 0 Å². The molecule has 0 bridgehead atoms. The fraction of sp³-hybridized carbons (Fsp3) is 0.381. The lowest BCUT2D eigenvalue weighted by Crippen LogP contribution is -2.39. The molecule has 0 aliphatic carbocycles. The van der Waals surface area contributed by atoms with Crippen LogP contribution in [0.3, 0.4) is 0 Å². The fourth-order valence-electron chi connectivity index (χ4n) is 3.87. The number of nitrogens with one attached hydrogen (secondary N) is 1. The monoisotopic (exact) mass is 380 g/mol. The van der Waals surface area contributed by atoms with Crippen molar-refractivity contribution < 1.29 is 4.79 Å². The van der Waals surface area contributed by atoms with Gasteiger partial charge in [-0.2, -0.15) is 5.10 Å². The Labute approximate surface area is 163 Å². The summed E-state index contributed by atoms with van der Waals surface area (Å²) in [5.74, 6) is 0.405. The quantitative estimate of drug-likeness (QED) is 0.729. The van der Waals surface area contributed by atoms with E-state index >= 15 is 0 Å². The van der Waals surface area contributed by atoms with Crippen molar-refractivity contribution in [2.75, 3.05) is 13.1 Å². The van der Waals surface area contributed by atoms with Crippen molar-refractivity contribution in [2.45, 2.75) is 39.0 Å². The predicted octanol–water partition coefficient (Wildman–Crippen LogP) is 4.42. The number of piperidine rings is 1. The summed E-state index contributed by atoms with van der Waals surface area (Å²) in [6, 6.07) is 10.3. The third-order valence-corrected chi connectivity index (χ3v) is 6.20. The molecule has 0 radical (unpaired) electrons. The zero-order chi connectivity index (χ0) is 18.8. The fourth-order valence-corrected chi connectivity index (χ4v) is 4.85. The Morgan fingerprint density at radius 3 is 2.93 bits per heavy atom. The van der Waals surface area contributed by atoms with Crippen molar-refractivity contribution in [1.29, 1.82) is 0 Å². The average molecular weight is 381 g/mol. The highest BCUT2D eigenvalue weighted by atomic mass is 32.1. The number of amides is 1. The molecule has 1 saturated heterocycles. The van der Waals surface area contributed by atoms with Gasteiger partial charge < -0.3 is 4.90 Å². The van der Waals surface area contributed by atoms with Gasteiger partial charge in [-0.05, 0) is 31.7 Å². The molecule has 1 N–H and O–H groups in total. The van der Waals surface area contributed by atoms with Crippen LogP contribution in [-0.2, 0) is 6.42 Å². The lowest BCUT2D eigenvalue weighted by atomic mass is 9.90. The number of nitrogens with zero attached hydrogens (tertiary/aromatic N) is 3. The molecule has 2 aromatic heterocycles. The molecule has 0 spiro atoms. The topological polar surface area (TPSA) is 61.9 Å². The molecule has 27 heavy (non-hydrogen) atoms. The number of H-pyrrole nitrogens is 1. The number of aryl methyl sites for hydroxylation is 2. The maximum atomic E-state index is 13.1. The van der Waals surface area contributed by atoms with Crippen molar-refractivity contribution in [3.63, 3.8) is 0 Å². The Morgan fingerprint density at radius 2 is 2.15 bits per heavy atom. The van der Waals surface area contributed by atoms with E-state index in [9.17, 15) is 4.79 Å². The minimum absolute atomic E-state index is 0.128. The number of hydrogen-bond acceptors (Lipinski definition) is 4. The minimum Gasteiger partial charge on any atom is -0.337 e. The minimum atomic E-state index is 0.128. The van der Waals surface area contributed by atoms with Crippen molar-refractivity contribution in [3.05, 3.63) is 57.8 Å². The van der Waals surface area contributed by atoms with E-state index < -0.39 is 0 Å². The van der Waals surface area contributed by atoms with Crippen molar-refractivity contribution in [1.82, 2.24) is 20.1 Å². The van der Waals surface area contributed by atoms with Gasteiger partial charge in [0.05, 0.1) is 16.9 Å². The highest BCUT2D eigenvalue weighted by Gasteiger charge is 2.30. The smallest absolute Gasteiger partial charge is 0.265 e. The number of hydrogen-bond donors (Lipinski definition) is 1. The van der Waals surface area contributed by atoms with E-state index in [1.807, 2.05) is 36.2 Å². The number of likely N-dealkylation sites (tertiary alicyclic amines) is 1. The van der Waals surface area contributed by atoms with Gasteiger partial charge in [-0.15, -0.1) is 11.3 Å². The molecular weight excluding hydrogens is 356 g/mol. The third-order valence-electron chi connectivity index (χ3n) is 5.20. The van der Waals surface area contributed by atoms with Crippen LogP contribution in [0.2, 0.25) is 0 Å². The molecule has 3 heterocycles. The maximum absolute atomic E-state index is 13.1. The number of carbonyl (C=O) groups excluding carboxylic acids is 1. The first-order valence-electron chi connectivity index (χ1n) is 9.51. The van der Waals surface area contributed by atoms with Gasteiger partial charge in [-0.1, -0.05) is 37.3 Å². The molecule has 1 atom stereocenters. The van der Waals surface area contributed by atoms with Gasteiger partial charge in [-0.3, -0.25) is 9.89 Å². The predicted molar refractivity (Wildman–Crippen MR) is 108 cm³/mol. The van der Waals surface area contributed by atoms with E-state index in [2.05, 4.69) is 34.2 Å². The zero-order valence-electron chi connectivity index (χ0n) is 15.7. The van der Waals surface area contributed by atoms with Crippen LogP contribution >= 0.6 is 11.3 Å². The number of carbonyl (C=O) groups is 1. The van der Waals surface area contributed by atoms with Crippen LogP contribution in [0.4, 0.5) is 0 Å². The summed E-state index contributed by atoms with van der Waals surface area (Å²) in [7, 11) is 0. The Kier molecular flexibility index (Phi) is 5.07. The third kappa shape index (κ3) is 3.54. The Hall–Kier alpha value is -2.47. The molecule has 1 aliphatic heterocycles. The van der Waals surface area contributed by atoms with E-state index in [0.29, 0.717) is 0 Å². The molecule has 1 amide bonds. The van der Waals surface area contributed by atoms with Gasteiger partial charge in [0.25, 0.3) is 5.91 Å². The van der Waals surface area contributed by atoms with Gasteiger partial charge in [-0.25, -0.2) is 4.98 Å². The first-order chi connectivity index (χ1) is 13.2. The molecule has 1 aromatic carbocycles. The first-order valence-corrected chi connectivity index (χ1v) is 10.3. The molecule has 0 saturated carbocycles. The van der Waals surface area contributed by atoms with Crippen molar-refractivity contribution >= 4 is 17.2 Å². The van der Waals surface area contributed by atoms with Gasteiger partial charge in [0.2, 0.25) is 0 Å². The van der Waals surface area contributed by atoms with E-state index in [1.54, 1.807) is 0 Å². The molecule has 4 rings (SSSR count). The second kappa shape index (κ2) is 7.64. The molecule has 1 fully saturated rings. The van der Waals surface area contributed by atoms with Crippen LogP contribution in [0, 0.1) is 6.92 Å². The van der Waals surface area contributed by atoms with Crippen LogP contribution in [-0.4, -0.2) is 39.1 Å². The lowest BCUT2D eigenvalue weighted by molar-refractivity contribution is 0.0709. The summed E-state index contributed by atoms with van der Waals surface area (Å²) < 4.78 is 0. The Balaban J connectivity index is 1.57. The summed E-state index contributed by atoms with van der Waals surface area (Å²) in [5.41, 5.74) is 4.36. The van der Waals surface area contributed by atoms with Gasteiger partial charge in [0.15, 0.2) is 0 Å². The molecule has 3 aromatic rings. The Bertz CT molecular complexity index is 931. The largest absolute Gasteiger partial charge is 0.337 e. The van der Waals surface area contributed by atoms with E-state index in [0.717, 1.165) is 64.8 Å². The van der Waals surface area contributed by atoms with Gasteiger partial charge >= 0.3 is 0 Å². The summed E-state index contributed by atoms with van der Waals surface area (Å²) >= 11 is 1.52. The standard InChI is InChI=1S/C21H24N4OS/c1-3-18-20(27-14(2)23-18)21(26)25-11-7-10-16(13-25)19-17(12-22-24-19)15-8-5-4-6-9-15/h4-6,8-9,12,16H,3,7,10-11,13H2,1-2H3,(H,22,24)/t16-/m1/s1. The van der Waals surface area contributed by atoms with Crippen LogP contribution in [0.25, 0.3) is 11.1 Å². The highest BCUT2D eigenvalue weighted by molar-refractivity contribution is 7.13. The number of thiazole rings is 1. The lowest BCUT2D eigenvalue weighted by Gasteiger charge is -2.32. The second-order valence-corrected chi connectivity index (χ2v) is 8.22. The van der Waals surface area contributed by atoms with Gasteiger partial charge in [0.1, 0.15) is 4.88 Å².